The van der Waals surface area contributed by atoms with Crippen molar-refractivity contribution in [2.45, 2.75) is 19.8 Å². The maximum Gasteiger partial charge on any atom is 0.241 e. The van der Waals surface area contributed by atoms with Crippen LogP contribution in [0.15, 0.2) is 24.3 Å². The maximum absolute atomic E-state index is 10.7. The van der Waals surface area contributed by atoms with Crippen molar-refractivity contribution in [2.24, 2.45) is 5.73 Å². The molecule has 0 aliphatic carbocycles. The van der Waals surface area contributed by atoms with E-state index >= 15 is 0 Å². The normalized spacial score (nSPS) is 15.7. The van der Waals surface area contributed by atoms with Gasteiger partial charge in [0.15, 0.2) is 0 Å². The Labute approximate surface area is 102 Å². The molecule has 1 amide bonds. The largest absolute Gasteiger partial charge is 0.371 e. The highest BCUT2D eigenvalue weighted by molar-refractivity contribution is 5.90. The summed E-state index contributed by atoms with van der Waals surface area (Å²) in [7, 11) is 0. The van der Waals surface area contributed by atoms with Gasteiger partial charge in [-0.25, -0.2) is 0 Å². The van der Waals surface area contributed by atoms with Gasteiger partial charge in [0.05, 0.1) is 0 Å². The smallest absolute Gasteiger partial charge is 0.241 e. The summed E-state index contributed by atoms with van der Waals surface area (Å²) in [5.74, 6) is -0.411. The molecule has 3 nitrogen and oxygen atoms in total. The van der Waals surface area contributed by atoms with E-state index in [1.165, 1.54) is 30.2 Å². The Balaban J connectivity index is 2.19. The first-order chi connectivity index (χ1) is 8.16. The number of primary amides is 1. The summed E-state index contributed by atoms with van der Waals surface area (Å²) in [6, 6.07) is 6.24. The zero-order chi connectivity index (χ0) is 12.3. The molecule has 0 unspecified atom stereocenters. The minimum absolute atomic E-state index is 0.411. The number of nitrogens with zero attached hydrogens (tertiary/aromatic N) is 1. The van der Waals surface area contributed by atoms with Gasteiger partial charge in [-0.3, -0.25) is 4.79 Å². The lowest BCUT2D eigenvalue weighted by Crippen LogP contribution is -2.18. The summed E-state index contributed by atoms with van der Waals surface area (Å²) in [6.07, 6.45) is 5.71. The number of carbonyl (C=O) groups excluding carboxylic acids is 1. The molecule has 0 atom stereocenters. The van der Waals surface area contributed by atoms with Crippen LogP contribution in [0.3, 0.4) is 0 Å². The summed E-state index contributed by atoms with van der Waals surface area (Å²) in [5, 5.41) is 0. The van der Waals surface area contributed by atoms with Crippen molar-refractivity contribution in [2.75, 3.05) is 18.0 Å². The van der Waals surface area contributed by atoms with Crippen LogP contribution in [0.25, 0.3) is 6.08 Å². The van der Waals surface area contributed by atoms with Crippen LogP contribution in [-0.4, -0.2) is 19.0 Å². The van der Waals surface area contributed by atoms with Gasteiger partial charge in [-0.1, -0.05) is 6.07 Å². The Kier molecular flexibility index (Phi) is 3.47. The number of aryl methyl sites for hydroxylation is 1. The van der Waals surface area contributed by atoms with E-state index in [0.29, 0.717) is 0 Å². The van der Waals surface area contributed by atoms with Crippen LogP contribution in [0.4, 0.5) is 5.69 Å². The van der Waals surface area contributed by atoms with E-state index in [1.54, 1.807) is 6.08 Å². The van der Waals surface area contributed by atoms with Crippen molar-refractivity contribution in [1.29, 1.82) is 0 Å². The number of anilines is 1. The molecule has 1 aromatic carbocycles. The van der Waals surface area contributed by atoms with Gasteiger partial charge >= 0.3 is 0 Å². The molecular formula is C14H18N2O. The zero-order valence-corrected chi connectivity index (χ0v) is 10.1. The number of hydrogen-bond acceptors (Lipinski definition) is 2. The van der Waals surface area contributed by atoms with Gasteiger partial charge in [-0.2, -0.15) is 0 Å². The summed E-state index contributed by atoms with van der Waals surface area (Å²) in [4.78, 5) is 13.1. The third-order valence-electron chi connectivity index (χ3n) is 3.11. The van der Waals surface area contributed by atoms with Crippen LogP contribution in [-0.2, 0) is 4.79 Å². The highest BCUT2D eigenvalue weighted by Gasteiger charge is 2.13. The van der Waals surface area contributed by atoms with E-state index < -0.39 is 5.91 Å². The fourth-order valence-corrected chi connectivity index (χ4v) is 2.27. The molecule has 0 bridgehead atoms. The number of carbonyl (C=O) groups is 1. The molecule has 1 aliphatic rings. The average molecular weight is 230 g/mol. The van der Waals surface area contributed by atoms with Crippen molar-refractivity contribution in [3.05, 3.63) is 35.4 Å². The zero-order valence-electron chi connectivity index (χ0n) is 10.1. The molecule has 0 aromatic heterocycles. The van der Waals surface area contributed by atoms with Crippen molar-refractivity contribution in [1.82, 2.24) is 0 Å². The molecule has 0 radical (unpaired) electrons. The molecule has 0 saturated carbocycles. The van der Waals surface area contributed by atoms with Crippen LogP contribution < -0.4 is 10.6 Å². The SMILES string of the molecule is Cc1cc(/C=C\C(N)=O)ccc1N1CCCC1. The number of hydrogen-bond donors (Lipinski definition) is 1. The molecule has 2 rings (SSSR count). The molecule has 17 heavy (non-hydrogen) atoms. The minimum atomic E-state index is -0.411. The van der Waals surface area contributed by atoms with Gasteiger partial charge in [-0.15, -0.1) is 0 Å². The minimum Gasteiger partial charge on any atom is -0.371 e. The maximum atomic E-state index is 10.7. The summed E-state index contributed by atoms with van der Waals surface area (Å²) in [6.45, 7) is 4.41. The van der Waals surface area contributed by atoms with Crippen molar-refractivity contribution in [3.8, 4) is 0 Å². The van der Waals surface area contributed by atoms with Crippen molar-refractivity contribution < 1.29 is 4.79 Å². The van der Waals surface area contributed by atoms with E-state index in [0.717, 1.165) is 18.7 Å². The van der Waals surface area contributed by atoms with Crippen LogP contribution in [0.1, 0.15) is 24.0 Å². The van der Waals surface area contributed by atoms with Crippen molar-refractivity contribution in [3.63, 3.8) is 0 Å². The molecule has 1 fully saturated rings. The Hall–Kier alpha value is -1.77. The first-order valence-electron chi connectivity index (χ1n) is 6.00. The number of amides is 1. The Morgan fingerprint density at radius 1 is 1.35 bits per heavy atom. The van der Waals surface area contributed by atoms with Crippen LogP contribution in [0.5, 0.6) is 0 Å². The molecule has 3 heteroatoms. The molecule has 0 spiro atoms. The monoisotopic (exact) mass is 230 g/mol. The predicted octanol–water partition coefficient (Wildman–Crippen LogP) is 2.09. The third-order valence-corrected chi connectivity index (χ3v) is 3.11. The molecule has 1 aliphatic heterocycles. The van der Waals surface area contributed by atoms with Gasteiger partial charge in [0.25, 0.3) is 0 Å². The molecule has 2 N–H and O–H groups in total. The Bertz CT molecular complexity index is 446. The lowest BCUT2D eigenvalue weighted by molar-refractivity contribution is -0.113. The second-order valence-corrected chi connectivity index (χ2v) is 4.48. The van der Waals surface area contributed by atoms with Gasteiger partial charge in [0.1, 0.15) is 0 Å². The summed E-state index contributed by atoms with van der Waals surface area (Å²) in [5.41, 5.74) is 8.64. The third kappa shape index (κ3) is 2.87. The lowest BCUT2D eigenvalue weighted by atomic mass is 10.1. The molecular weight excluding hydrogens is 212 g/mol. The molecule has 90 valence electrons. The van der Waals surface area contributed by atoms with E-state index in [2.05, 4.69) is 24.0 Å². The number of benzene rings is 1. The fraction of sp³-hybridized carbons (Fsp3) is 0.357. The summed E-state index contributed by atoms with van der Waals surface area (Å²) >= 11 is 0. The summed E-state index contributed by atoms with van der Waals surface area (Å²) < 4.78 is 0. The molecule has 1 aromatic rings. The second-order valence-electron chi connectivity index (χ2n) is 4.48. The lowest BCUT2D eigenvalue weighted by Gasteiger charge is -2.20. The number of rotatable bonds is 3. The van der Waals surface area contributed by atoms with Crippen LogP contribution in [0, 0.1) is 6.92 Å². The van der Waals surface area contributed by atoms with Gasteiger partial charge in [0, 0.05) is 24.9 Å². The van der Waals surface area contributed by atoms with Crippen LogP contribution >= 0.6 is 0 Å². The van der Waals surface area contributed by atoms with Gasteiger partial charge in [0.2, 0.25) is 5.91 Å². The highest BCUT2D eigenvalue weighted by Crippen LogP contribution is 2.25. The quantitative estimate of drug-likeness (QED) is 0.808. The van der Waals surface area contributed by atoms with E-state index in [9.17, 15) is 4.79 Å². The topological polar surface area (TPSA) is 46.3 Å². The fourth-order valence-electron chi connectivity index (χ4n) is 2.27. The number of nitrogens with two attached hydrogens (primary N) is 1. The highest BCUT2D eigenvalue weighted by atomic mass is 16.1. The molecule has 1 heterocycles. The second kappa shape index (κ2) is 5.04. The Morgan fingerprint density at radius 2 is 2.06 bits per heavy atom. The van der Waals surface area contributed by atoms with E-state index in [-0.39, 0.29) is 0 Å². The Morgan fingerprint density at radius 3 is 2.65 bits per heavy atom. The van der Waals surface area contributed by atoms with Gasteiger partial charge in [-0.05, 0) is 49.1 Å². The van der Waals surface area contributed by atoms with E-state index in [1.807, 2.05) is 6.07 Å². The molecule has 1 saturated heterocycles. The first-order valence-corrected chi connectivity index (χ1v) is 6.00. The van der Waals surface area contributed by atoms with Gasteiger partial charge < -0.3 is 10.6 Å². The standard InChI is InChI=1S/C14H18N2O/c1-11-10-12(5-7-14(15)17)4-6-13(11)16-8-2-3-9-16/h4-7,10H,2-3,8-9H2,1H3,(H2,15,17)/b7-5-. The van der Waals surface area contributed by atoms with Crippen molar-refractivity contribution >= 4 is 17.7 Å². The predicted molar refractivity (Wildman–Crippen MR) is 70.9 cm³/mol. The van der Waals surface area contributed by atoms with E-state index in [4.69, 9.17) is 5.73 Å². The first kappa shape index (κ1) is 11.7. The average Bonchev–Trinajstić information content (AvgIpc) is 2.79. The van der Waals surface area contributed by atoms with Crippen LogP contribution in [0.2, 0.25) is 0 Å².